The van der Waals surface area contributed by atoms with Gasteiger partial charge in [0.15, 0.2) is 11.5 Å². The number of methoxy groups -OCH3 is 1. The number of nitrogens with one attached hydrogen (secondary N) is 1. The molecule has 3 heterocycles. The zero-order chi connectivity index (χ0) is 12.7. The van der Waals surface area contributed by atoms with E-state index in [1.54, 1.807) is 18.4 Å². The van der Waals surface area contributed by atoms with Crippen LogP contribution in [-0.2, 0) is 0 Å². The fraction of sp³-hybridized carbons (Fsp3) is 0.231. The summed E-state index contributed by atoms with van der Waals surface area (Å²) in [4.78, 5) is 14.6. The lowest BCUT2D eigenvalue weighted by Gasteiger charge is -1.95. The average molecular weight is 259 g/mol. The highest BCUT2D eigenvalue weighted by Crippen LogP contribution is 2.30. The Morgan fingerprint density at radius 2 is 2.06 bits per heavy atom. The maximum atomic E-state index is 5.10. The van der Waals surface area contributed by atoms with Crippen molar-refractivity contribution in [1.29, 1.82) is 0 Å². The van der Waals surface area contributed by atoms with Gasteiger partial charge in [-0.3, -0.25) is 0 Å². The summed E-state index contributed by atoms with van der Waals surface area (Å²) >= 11 is 1.74. The number of hydrogen-bond acceptors (Lipinski definition) is 4. The van der Waals surface area contributed by atoms with Crippen molar-refractivity contribution in [3.63, 3.8) is 0 Å². The van der Waals surface area contributed by atoms with Crippen LogP contribution in [0, 0.1) is 13.8 Å². The molecule has 0 radical (unpaired) electrons. The summed E-state index contributed by atoms with van der Waals surface area (Å²) in [5, 5.41) is 0. The molecule has 0 amide bonds. The lowest BCUT2D eigenvalue weighted by atomic mass is 10.3. The van der Waals surface area contributed by atoms with Crippen LogP contribution in [0.4, 0.5) is 0 Å². The van der Waals surface area contributed by atoms with Crippen LogP contribution in [0.15, 0.2) is 18.2 Å². The molecule has 0 aromatic carbocycles. The van der Waals surface area contributed by atoms with Gasteiger partial charge in [-0.2, -0.15) is 4.98 Å². The van der Waals surface area contributed by atoms with E-state index in [0.717, 1.165) is 16.2 Å². The summed E-state index contributed by atoms with van der Waals surface area (Å²) < 4.78 is 5.10. The van der Waals surface area contributed by atoms with Crippen molar-refractivity contribution in [1.82, 2.24) is 15.0 Å². The zero-order valence-electron chi connectivity index (χ0n) is 10.4. The predicted molar refractivity (Wildman–Crippen MR) is 73.2 cm³/mol. The molecular weight excluding hydrogens is 246 g/mol. The van der Waals surface area contributed by atoms with E-state index in [0.29, 0.717) is 11.5 Å². The summed E-state index contributed by atoms with van der Waals surface area (Å²) in [6.07, 6.45) is 0. The Morgan fingerprint density at radius 3 is 2.72 bits per heavy atom. The number of hydrogen-bond donors (Lipinski definition) is 1. The molecule has 0 aliphatic rings. The predicted octanol–water partition coefficient (Wildman–Crippen LogP) is 3.31. The van der Waals surface area contributed by atoms with Gasteiger partial charge in [-0.25, -0.2) is 4.98 Å². The van der Waals surface area contributed by atoms with Crippen molar-refractivity contribution in [3.8, 4) is 16.6 Å². The Hall–Kier alpha value is -1.88. The molecule has 3 rings (SSSR count). The Labute approximate surface area is 109 Å². The second-order valence-corrected chi connectivity index (χ2v) is 5.42. The molecule has 1 N–H and O–H groups in total. The highest BCUT2D eigenvalue weighted by molar-refractivity contribution is 7.15. The molecule has 5 heteroatoms. The van der Waals surface area contributed by atoms with Gasteiger partial charge >= 0.3 is 0 Å². The Morgan fingerprint density at radius 1 is 1.22 bits per heavy atom. The number of aromatic amines is 1. The van der Waals surface area contributed by atoms with Crippen LogP contribution in [0.3, 0.4) is 0 Å². The van der Waals surface area contributed by atoms with Crippen LogP contribution in [-0.4, -0.2) is 22.1 Å². The van der Waals surface area contributed by atoms with Gasteiger partial charge < -0.3 is 9.72 Å². The van der Waals surface area contributed by atoms with E-state index >= 15 is 0 Å². The van der Waals surface area contributed by atoms with Crippen molar-refractivity contribution in [3.05, 3.63) is 28.6 Å². The molecule has 18 heavy (non-hydrogen) atoms. The minimum atomic E-state index is 0.582. The number of ether oxygens (including phenoxy) is 1. The topological polar surface area (TPSA) is 50.8 Å². The molecule has 0 saturated heterocycles. The highest BCUT2D eigenvalue weighted by atomic mass is 32.1. The average Bonchev–Trinajstić information content (AvgIpc) is 2.92. The Balaban J connectivity index is 2.12. The zero-order valence-corrected chi connectivity index (χ0v) is 11.3. The van der Waals surface area contributed by atoms with Gasteiger partial charge in [-0.05, 0) is 31.5 Å². The van der Waals surface area contributed by atoms with Gasteiger partial charge in [0.2, 0.25) is 5.88 Å². The summed E-state index contributed by atoms with van der Waals surface area (Å²) in [6, 6.07) is 5.91. The van der Waals surface area contributed by atoms with Gasteiger partial charge in [0.05, 0.1) is 17.5 Å². The minimum Gasteiger partial charge on any atom is -0.481 e. The molecule has 3 aromatic heterocycles. The molecule has 0 fully saturated rings. The first-order valence-electron chi connectivity index (χ1n) is 5.65. The molecule has 0 bridgehead atoms. The lowest BCUT2D eigenvalue weighted by Crippen LogP contribution is -1.86. The van der Waals surface area contributed by atoms with Gasteiger partial charge in [-0.15, -0.1) is 11.3 Å². The van der Waals surface area contributed by atoms with Gasteiger partial charge in [0.25, 0.3) is 0 Å². The SMILES string of the molecule is COc1ccc2[nH]c(-c3cc(C)c(C)s3)nc2n1. The first kappa shape index (κ1) is 11.2. The maximum Gasteiger partial charge on any atom is 0.215 e. The van der Waals surface area contributed by atoms with E-state index in [1.807, 2.05) is 12.1 Å². The van der Waals surface area contributed by atoms with E-state index in [-0.39, 0.29) is 0 Å². The lowest BCUT2D eigenvalue weighted by molar-refractivity contribution is 0.399. The first-order valence-corrected chi connectivity index (χ1v) is 6.47. The number of aryl methyl sites for hydroxylation is 2. The molecule has 0 spiro atoms. The van der Waals surface area contributed by atoms with Crippen molar-refractivity contribution < 1.29 is 4.74 Å². The largest absolute Gasteiger partial charge is 0.481 e. The molecule has 0 atom stereocenters. The van der Waals surface area contributed by atoms with Gasteiger partial charge in [0.1, 0.15) is 0 Å². The summed E-state index contributed by atoms with van der Waals surface area (Å²) in [5.74, 6) is 1.45. The Bertz CT molecular complexity index is 695. The van der Waals surface area contributed by atoms with E-state index < -0.39 is 0 Å². The second-order valence-electron chi connectivity index (χ2n) is 4.16. The quantitative estimate of drug-likeness (QED) is 0.768. The van der Waals surface area contributed by atoms with Crippen LogP contribution in [0.2, 0.25) is 0 Å². The van der Waals surface area contributed by atoms with Gasteiger partial charge in [-0.1, -0.05) is 0 Å². The third-order valence-corrected chi connectivity index (χ3v) is 4.09. The summed E-state index contributed by atoms with van der Waals surface area (Å²) in [6.45, 7) is 4.23. The number of rotatable bonds is 2. The summed E-state index contributed by atoms with van der Waals surface area (Å²) in [7, 11) is 1.60. The van der Waals surface area contributed by atoms with Crippen molar-refractivity contribution in [2.45, 2.75) is 13.8 Å². The van der Waals surface area contributed by atoms with Crippen LogP contribution in [0.5, 0.6) is 5.88 Å². The van der Waals surface area contributed by atoms with E-state index in [4.69, 9.17) is 4.74 Å². The number of nitrogens with zero attached hydrogens (tertiary/aromatic N) is 2. The van der Waals surface area contributed by atoms with E-state index in [9.17, 15) is 0 Å². The van der Waals surface area contributed by atoms with E-state index in [1.165, 1.54) is 10.4 Å². The number of H-pyrrole nitrogens is 1. The standard InChI is InChI=1S/C13H13N3OS/c1-7-6-10(18-8(7)2)13-14-9-4-5-11(17-3)15-12(9)16-13/h4-6H,1-3H3,(H,14,15,16). The monoisotopic (exact) mass is 259 g/mol. The molecule has 4 nitrogen and oxygen atoms in total. The molecule has 0 aliphatic heterocycles. The minimum absolute atomic E-state index is 0.582. The summed E-state index contributed by atoms with van der Waals surface area (Å²) in [5.41, 5.74) is 2.91. The highest BCUT2D eigenvalue weighted by Gasteiger charge is 2.10. The van der Waals surface area contributed by atoms with Crippen molar-refractivity contribution in [2.24, 2.45) is 0 Å². The number of fused-ring (bicyclic) bond motifs is 1. The number of aromatic nitrogens is 3. The molecular formula is C13H13N3OS. The third kappa shape index (κ3) is 1.76. The van der Waals surface area contributed by atoms with Crippen LogP contribution in [0.25, 0.3) is 21.9 Å². The van der Waals surface area contributed by atoms with Gasteiger partial charge in [0, 0.05) is 10.9 Å². The van der Waals surface area contributed by atoms with Crippen molar-refractivity contribution >= 4 is 22.5 Å². The molecule has 0 saturated carbocycles. The van der Waals surface area contributed by atoms with Crippen LogP contribution >= 0.6 is 11.3 Å². The number of thiophene rings is 1. The maximum absolute atomic E-state index is 5.10. The normalized spacial score (nSPS) is 11.1. The molecule has 92 valence electrons. The fourth-order valence-electron chi connectivity index (χ4n) is 1.80. The smallest absolute Gasteiger partial charge is 0.215 e. The molecule has 3 aromatic rings. The van der Waals surface area contributed by atoms with E-state index in [2.05, 4.69) is 34.9 Å². The number of imidazole rings is 1. The van der Waals surface area contributed by atoms with Crippen LogP contribution in [0.1, 0.15) is 10.4 Å². The second kappa shape index (κ2) is 4.10. The fourth-order valence-corrected chi connectivity index (χ4v) is 2.77. The number of pyridine rings is 1. The van der Waals surface area contributed by atoms with Crippen molar-refractivity contribution in [2.75, 3.05) is 7.11 Å². The molecule has 0 aliphatic carbocycles. The Kier molecular flexibility index (Phi) is 2.56. The first-order chi connectivity index (χ1) is 8.67. The van der Waals surface area contributed by atoms with Crippen LogP contribution < -0.4 is 4.74 Å². The molecule has 0 unspecified atom stereocenters. The third-order valence-electron chi connectivity index (χ3n) is 2.93.